The molecule has 3 rings (SSSR count). The molecule has 0 bridgehead atoms. The van der Waals surface area contributed by atoms with E-state index in [4.69, 9.17) is 4.74 Å². The van der Waals surface area contributed by atoms with Gasteiger partial charge in [0.1, 0.15) is 5.75 Å². The lowest BCUT2D eigenvalue weighted by molar-refractivity contribution is -0.118. The second-order valence-corrected chi connectivity index (χ2v) is 4.84. The third kappa shape index (κ3) is 2.28. The average Bonchev–Trinajstić information content (AvgIpc) is 2.89. The number of amides is 1. The number of carbonyl (C=O) groups excluding carboxylic acids is 1. The van der Waals surface area contributed by atoms with Gasteiger partial charge in [-0.2, -0.15) is 0 Å². The van der Waals surface area contributed by atoms with Crippen molar-refractivity contribution in [2.45, 2.75) is 6.54 Å². The zero-order valence-electron chi connectivity index (χ0n) is 9.47. The molecule has 0 unspecified atom stereocenters. The zero-order chi connectivity index (χ0) is 12.4. The van der Waals surface area contributed by atoms with Gasteiger partial charge in [0.25, 0.3) is 5.91 Å². The number of fused-ring (bicyclic) bond motifs is 1. The standard InChI is InChI=1S/C12H11N3O2S/c16-12-6-17-11-2-1-8(3-10(11)15-12)14-5-9-4-13-7-18-9/h1-4,7,14H,5-6H2,(H,15,16). The highest BCUT2D eigenvalue weighted by atomic mass is 32.1. The van der Waals surface area contributed by atoms with Crippen LogP contribution in [-0.2, 0) is 11.3 Å². The SMILES string of the molecule is O=C1COc2ccc(NCc3cncs3)cc2N1. The molecule has 2 aromatic rings. The maximum Gasteiger partial charge on any atom is 0.262 e. The Balaban J connectivity index is 1.73. The van der Waals surface area contributed by atoms with Crippen LogP contribution in [0.3, 0.4) is 0 Å². The minimum Gasteiger partial charge on any atom is -0.482 e. The number of anilines is 2. The molecule has 1 amide bonds. The normalized spacial score (nSPS) is 13.4. The summed E-state index contributed by atoms with van der Waals surface area (Å²) in [5.41, 5.74) is 3.45. The lowest BCUT2D eigenvalue weighted by atomic mass is 10.2. The van der Waals surface area contributed by atoms with Gasteiger partial charge in [-0.3, -0.25) is 9.78 Å². The molecule has 1 aliphatic heterocycles. The van der Waals surface area contributed by atoms with Crippen LogP contribution in [0.5, 0.6) is 5.75 Å². The van der Waals surface area contributed by atoms with E-state index in [2.05, 4.69) is 15.6 Å². The number of nitrogens with zero attached hydrogens (tertiary/aromatic N) is 1. The van der Waals surface area contributed by atoms with Crippen LogP contribution in [0, 0.1) is 0 Å². The molecule has 0 fully saturated rings. The van der Waals surface area contributed by atoms with Crippen molar-refractivity contribution >= 4 is 28.6 Å². The van der Waals surface area contributed by atoms with E-state index in [9.17, 15) is 4.79 Å². The minimum absolute atomic E-state index is 0.0840. The van der Waals surface area contributed by atoms with E-state index >= 15 is 0 Å². The van der Waals surface area contributed by atoms with Gasteiger partial charge in [0.2, 0.25) is 0 Å². The van der Waals surface area contributed by atoms with E-state index < -0.39 is 0 Å². The van der Waals surface area contributed by atoms with Gasteiger partial charge in [-0.05, 0) is 18.2 Å². The van der Waals surface area contributed by atoms with E-state index in [0.717, 1.165) is 17.1 Å². The average molecular weight is 261 g/mol. The fourth-order valence-electron chi connectivity index (χ4n) is 1.71. The molecule has 0 spiro atoms. The Morgan fingerprint density at radius 1 is 1.50 bits per heavy atom. The number of thiazole rings is 1. The summed E-state index contributed by atoms with van der Waals surface area (Å²) < 4.78 is 5.29. The molecule has 0 radical (unpaired) electrons. The van der Waals surface area contributed by atoms with Crippen molar-refractivity contribution in [1.82, 2.24) is 4.98 Å². The smallest absolute Gasteiger partial charge is 0.262 e. The summed E-state index contributed by atoms with van der Waals surface area (Å²) in [6.45, 7) is 0.804. The summed E-state index contributed by atoms with van der Waals surface area (Å²) in [4.78, 5) is 16.4. The predicted molar refractivity (Wildman–Crippen MR) is 70.0 cm³/mol. The first-order chi connectivity index (χ1) is 8.81. The Morgan fingerprint density at radius 2 is 2.44 bits per heavy atom. The summed E-state index contributed by atoms with van der Waals surface area (Å²) in [6, 6.07) is 5.65. The highest BCUT2D eigenvalue weighted by Crippen LogP contribution is 2.30. The molecule has 5 nitrogen and oxygen atoms in total. The number of rotatable bonds is 3. The predicted octanol–water partition coefficient (Wildman–Crippen LogP) is 2.09. The Kier molecular flexibility index (Phi) is 2.85. The van der Waals surface area contributed by atoms with Gasteiger partial charge in [-0.1, -0.05) is 0 Å². The first-order valence-corrected chi connectivity index (χ1v) is 6.37. The van der Waals surface area contributed by atoms with Gasteiger partial charge in [-0.15, -0.1) is 11.3 Å². The molecule has 2 heterocycles. The Bertz CT molecular complexity index is 569. The molecular formula is C12H11N3O2S. The fourth-order valence-corrected chi connectivity index (χ4v) is 2.25. The number of nitrogens with one attached hydrogen (secondary N) is 2. The van der Waals surface area contributed by atoms with Gasteiger partial charge in [0, 0.05) is 16.8 Å². The summed E-state index contributed by atoms with van der Waals surface area (Å²) in [5, 5.41) is 6.06. The lowest BCUT2D eigenvalue weighted by Crippen LogP contribution is -2.25. The van der Waals surface area contributed by atoms with E-state index in [1.54, 1.807) is 16.8 Å². The maximum atomic E-state index is 11.2. The van der Waals surface area contributed by atoms with E-state index in [-0.39, 0.29) is 12.5 Å². The summed E-state index contributed by atoms with van der Waals surface area (Å²) in [7, 11) is 0. The first kappa shape index (κ1) is 11.0. The third-order valence-electron chi connectivity index (χ3n) is 2.56. The van der Waals surface area contributed by atoms with Gasteiger partial charge in [-0.25, -0.2) is 0 Å². The van der Waals surface area contributed by atoms with Gasteiger partial charge in [0.15, 0.2) is 6.61 Å². The molecule has 2 N–H and O–H groups in total. The molecule has 92 valence electrons. The van der Waals surface area contributed by atoms with Crippen LogP contribution in [-0.4, -0.2) is 17.5 Å². The monoisotopic (exact) mass is 261 g/mol. The highest BCUT2D eigenvalue weighted by Gasteiger charge is 2.15. The van der Waals surface area contributed by atoms with Crippen molar-refractivity contribution in [3.05, 3.63) is 34.8 Å². The molecule has 0 saturated carbocycles. The lowest BCUT2D eigenvalue weighted by Gasteiger charge is -2.18. The number of hydrogen-bond donors (Lipinski definition) is 2. The van der Waals surface area contributed by atoms with Crippen LogP contribution in [0.15, 0.2) is 29.9 Å². The number of carbonyl (C=O) groups is 1. The van der Waals surface area contributed by atoms with Crippen LogP contribution in [0.4, 0.5) is 11.4 Å². The van der Waals surface area contributed by atoms with Crippen LogP contribution in [0.1, 0.15) is 4.88 Å². The number of aromatic nitrogens is 1. The summed E-state index contributed by atoms with van der Waals surface area (Å²) >= 11 is 1.60. The molecule has 6 heteroatoms. The first-order valence-electron chi connectivity index (χ1n) is 5.49. The topological polar surface area (TPSA) is 63.2 Å². The Labute approximate surface area is 108 Å². The van der Waals surface area contributed by atoms with Gasteiger partial charge >= 0.3 is 0 Å². The zero-order valence-corrected chi connectivity index (χ0v) is 10.3. The second-order valence-electron chi connectivity index (χ2n) is 3.87. The minimum atomic E-state index is -0.123. The molecule has 0 saturated heterocycles. The molecule has 1 aromatic carbocycles. The van der Waals surface area contributed by atoms with Crippen molar-refractivity contribution in [1.29, 1.82) is 0 Å². The van der Waals surface area contributed by atoms with Crippen molar-refractivity contribution in [3.8, 4) is 5.75 Å². The van der Waals surface area contributed by atoms with Crippen LogP contribution >= 0.6 is 11.3 Å². The molecule has 0 atom stereocenters. The van der Waals surface area contributed by atoms with Crippen LogP contribution < -0.4 is 15.4 Å². The van der Waals surface area contributed by atoms with E-state index in [1.165, 1.54) is 0 Å². The Morgan fingerprint density at radius 3 is 3.28 bits per heavy atom. The number of benzene rings is 1. The number of hydrogen-bond acceptors (Lipinski definition) is 5. The van der Waals surface area contributed by atoms with E-state index in [0.29, 0.717) is 11.4 Å². The van der Waals surface area contributed by atoms with Crippen molar-refractivity contribution in [2.24, 2.45) is 0 Å². The van der Waals surface area contributed by atoms with Gasteiger partial charge < -0.3 is 15.4 Å². The molecule has 1 aliphatic rings. The maximum absolute atomic E-state index is 11.2. The quantitative estimate of drug-likeness (QED) is 0.888. The second kappa shape index (κ2) is 4.66. The Hall–Kier alpha value is -2.08. The fraction of sp³-hybridized carbons (Fsp3) is 0.167. The van der Waals surface area contributed by atoms with Gasteiger partial charge in [0.05, 0.1) is 17.7 Å². The van der Waals surface area contributed by atoms with E-state index in [1.807, 2.05) is 24.4 Å². The summed E-state index contributed by atoms with van der Waals surface area (Å²) in [5.74, 6) is 0.583. The molecular weight excluding hydrogens is 250 g/mol. The summed E-state index contributed by atoms with van der Waals surface area (Å²) in [6.07, 6.45) is 1.83. The number of ether oxygens (including phenoxy) is 1. The van der Waals surface area contributed by atoms with Crippen molar-refractivity contribution in [3.63, 3.8) is 0 Å². The molecule has 0 aliphatic carbocycles. The third-order valence-corrected chi connectivity index (χ3v) is 3.34. The van der Waals surface area contributed by atoms with Crippen molar-refractivity contribution < 1.29 is 9.53 Å². The molecule has 1 aromatic heterocycles. The molecule has 18 heavy (non-hydrogen) atoms. The largest absolute Gasteiger partial charge is 0.482 e. The van der Waals surface area contributed by atoms with Crippen molar-refractivity contribution in [2.75, 3.05) is 17.2 Å². The highest BCUT2D eigenvalue weighted by molar-refractivity contribution is 7.09. The van der Waals surface area contributed by atoms with Crippen LogP contribution in [0.2, 0.25) is 0 Å². The van der Waals surface area contributed by atoms with Crippen LogP contribution in [0.25, 0.3) is 0 Å².